The first-order chi connectivity index (χ1) is 14.8. The van der Waals surface area contributed by atoms with Gasteiger partial charge in [0.15, 0.2) is 0 Å². The van der Waals surface area contributed by atoms with Crippen LogP contribution in [0.1, 0.15) is 28.5 Å². The molecule has 0 bridgehead atoms. The summed E-state index contributed by atoms with van der Waals surface area (Å²) in [5.41, 5.74) is 1.69. The Bertz CT molecular complexity index is 1220. The van der Waals surface area contributed by atoms with Gasteiger partial charge in [-0.1, -0.05) is 39.7 Å². The van der Waals surface area contributed by atoms with Crippen molar-refractivity contribution in [1.82, 2.24) is 4.90 Å². The number of likely N-dealkylation sites (tertiary alicyclic amines) is 1. The average Bonchev–Trinajstić information content (AvgIpc) is 3.34. The second-order valence-corrected chi connectivity index (χ2v) is 8.44. The Morgan fingerprint density at radius 1 is 1.19 bits per heavy atom. The number of ketones is 1. The van der Waals surface area contributed by atoms with Crippen LogP contribution in [0.5, 0.6) is 5.75 Å². The number of Topliss-reactive ketones (excluding diaryl/α,β-unsaturated/α-hetero) is 1. The molecule has 1 unspecified atom stereocenters. The summed E-state index contributed by atoms with van der Waals surface area (Å²) in [7, 11) is 0. The first-order valence-corrected chi connectivity index (χ1v) is 10.5. The van der Waals surface area contributed by atoms with E-state index in [0.29, 0.717) is 16.9 Å². The predicted molar refractivity (Wildman–Crippen MR) is 119 cm³/mol. The van der Waals surface area contributed by atoms with Gasteiger partial charge in [0, 0.05) is 10.0 Å². The van der Waals surface area contributed by atoms with Crippen molar-refractivity contribution in [2.45, 2.75) is 19.5 Å². The van der Waals surface area contributed by atoms with Crippen LogP contribution in [-0.4, -0.2) is 26.8 Å². The molecule has 2 aromatic carbocycles. The number of hydrogen-bond donors (Lipinski definition) is 2. The summed E-state index contributed by atoms with van der Waals surface area (Å²) < 4.78 is 6.21. The summed E-state index contributed by atoms with van der Waals surface area (Å²) in [5.74, 6) is -1.50. The van der Waals surface area contributed by atoms with Crippen LogP contribution < -0.4 is 0 Å². The molecule has 158 valence electrons. The Labute approximate surface area is 191 Å². The van der Waals surface area contributed by atoms with E-state index in [1.54, 1.807) is 36.4 Å². The van der Waals surface area contributed by atoms with Gasteiger partial charge >= 0.3 is 0 Å². The van der Waals surface area contributed by atoms with Crippen LogP contribution in [0.15, 0.2) is 69.3 Å². The summed E-state index contributed by atoms with van der Waals surface area (Å²) >= 11 is 9.51. The molecule has 1 fully saturated rings. The van der Waals surface area contributed by atoms with Crippen molar-refractivity contribution in [3.63, 3.8) is 0 Å². The van der Waals surface area contributed by atoms with E-state index in [1.807, 2.05) is 6.92 Å². The molecule has 31 heavy (non-hydrogen) atoms. The number of hydrogen-bond acceptors (Lipinski definition) is 5. The Morgan fingerprint density at radius 2 is 1.97 bits per heavy atom. The maximum absolute atomic E-state index is 13.0. The number of furan rings is 1. The molecule has 0 spiro atoms. The molecule has 3 aromatic rings. The normalized spacial score (nSPS) is 18.0. The monoisotopic (exact) mass is 501 g/mol. The quantitative estimate of drug-likeness (QED) is 0.286. The Kier molecular flexibility index (Phi) is 5.64. The van der Waals surface area contributed by atoms with Gasteiger partial charge in [-0.25, -0.2) is 0 Å². The van der Waals surface area contributed by atoms with Gasteiger partial charge in [-0.05, 0) is 54.4 Å². The number of aromatic hydroxyl groups is 1. The molecule has 1 aliphatic heterocycles. The lowest BCUT2D eigenvalue weighted by Gasteiger charge is -2.24. The molecule has 8 heteroatoms. The minimum absolute atomic E-state index is 0.0247. The van der Waals surface area contributed by atoms with Crippen LogP contribution in [0.4, 0.5) is 0 Å². The predicted octanol–water partition coefficient (Wildman–Crippen LogP) is 5.33. The Balaban J connectivity index is 1.90. The van der Waals surface area contributed by atoms with Gasteiger partial charge in [0.1, 0.15) is 17.3 Å². The Hall–Kier alpha value is -3.03. The highest BCUT2D eigenvalue weighted by molar-refractivity contribution is 9.10. The average molecular weight is 503 g/mol. The summed E-state index contributed by atoms with van der Waals surface area (Å²) in [5, 5.41) is 21.0. The zero-order valence-electron chi connectivity index (χ0n) is 16.3. The first-order valence-electron chi connectivity index (χ1n) is 9.33. The molecule has 0 radical (unpaired) electrons. The molecule has 1 amide bonds. The van der Waals surface area contributed by atoms with Gasteiger partial charge in [-0.15, -0.1) is 0 Å². The van der Waals surface area contributed by atoms with Crippen LogP contribution in [0, 0.1) is 6.92 Å². The molecular weight excluding hydrogens is 486 g/mol. The third kappa shape index (κ3) is 3.86. The van der Waals surface area contributed by atoms with Gasteiger partial charge in [-0.3, -0.25) is 9.59 Å². The van der Waals surface area contributed by atoms with E-state index in [1.165, 1.54) is 23.3 Å². The smallest absolute Gasteiger partial charge is 0.296 e. The lowest BCUT2D eigenvalue weighted by molar-refractivity contribution is -0.140. The van der Waals surface area contributed by atoms with Crippen LogP contribution >= 0.6 is 27.5 Å². The van der Waals surface area contributed by atoms with Gasteiger partial charge < -0.3 is 19.5 Å². The van der Waals surface area contributed by atoms with Crippen molar-refractivity contribution in [3.05, 3.63) is 92.3 Å². The Morgan fingerprint density at radius 3 is 2.61 bits per heavy atom. The fourth-order valence-electron chi connectivity index (χ4n) is 3.60. The van der Waals surface area contributed by atoms with Crippen molar-refractivity contribution in [3.8, 4) is 5.75 Å². The second-order valence-electron chi connectivity index (χ2n) is 7.18. The second kappa shape index (κ2) is 8.24. The molecule has 1 aromatic heterocycles. The molecule has 6 nitrogen and oxygen atoms in total. The first kappa shape index (κ1) is 21.2. The maximum atomic E-state index is 13.0. The highest BCUT2D eigenvalue weighted by Crippen LogP contribution is 2.42. The molecule has 1 atom stereocenters. The van der Waals surface area contributed by atoms with E-state index in [0.717, 1.165) is 10.0 Å². The number of benzene rings is 2. The number of nitrogens with zero attached hydrogens (tertiary/aromatic N) is 1. The molecule has 0 saturated carbocycles. The van der Waals surface area contributed by atoms with Gasteiger partial charge in [0.25, 0.3) is 11.7 Å². The van der Waals surface area contributed by atoms with E-state index in [4.69, 9.17) is 16.0 Å². The van der Waals surface area contributed by atoms with Crippen LogP contribution in [0.25, 0.3) is 5.76 Å². The van der Waals surface area contributed by atoms with Crippen molar-refractivity contribution >= 4 is 45.0 Å². The highest BCUT2D eigenvalue weighted by Gasteiger charge is 2.46. The van der Waals surface area contributed by atoms with Crippen molar-refractivity contribution in [2.24, 2.45) is 0 Å². The third-order valence-corrected chi connectivity index (χ3v) is 6.36. The van der Waals surface area contributed by atoms with Crippen LogP contribution in [-0.2, 0) is 16.1 Å². The number of phenols is 1. The molecular formula is C23H17BrClNO5. The van der Waals surface area contributed by atoms with E-state index in [9.17, 15) is 19.8 Å². The minimum Gasteiger partial charge on any atom is -0.507 e. The third-order valence-electron chi connectivity index (χ3n) is 5.17. The topological polar surface area (TPSA) is 91.0 Å². The fraction of sp³-hybridized carbons (Fsp3) is 0.130. The minimum atomic E-state index is -0.910. The SMILES string of the molecule is Cc1cc(/C(O)=C2/C(=O)C(=O)N(Cc3ccco3)C2c2ccc(O)c(Cl)c2)ccc1Br. The lowest BCUT2D eigenvalue weighted by atomic mass is 9.94. The summed E-state index contributed by atoms with van der Waals surface area (Å²) in [6.07, 6.45) is 1.48. The van der Waals surface area contributed by atoms with E-state index in [-0.39, 0.29) is 28.6 Å². The molecule has 0 aliphatic carbocycles. The number of aliphatic hydroxyl groups excluding tert-OH is 1. The number of carbonyl (C=O) groups excluding carboxylic acids is 2. The molecule has 2 N–H and O–H groups in total. The molecule has 2 heterocycles. The molecule has 1 aliphatic rings. The number of halogens is 2. The summed E-state index contributed by atoms with van der Waals surface area (Å²) in [6.45, 7) is 1.88. The van der Waals surface area contributed by atoms with E-state index < -0.39 is 17.7 Å². The number of aliphatic hydroxyl groups is 1. The van der Waals surface area contributed by atoms with E-state index >= 15 is 0 Å². The van der Waals surface area contributed by atoms with Crippen LogP contribution in [0.3, 0.4) is 0 Å². The summed E-state index contributed by atoms with van der Waals surface area (Å²) in [6, 6.07) is 12.0. The van der Waals surface area contributed by atoms with Crippen LogP contribution in [0.2, 0.25) is 5.02 Å². The lowest BCUT2D eigenvalue weighted by Crippen LogP contribution is -2.29. The van der Waals surface area contributed by atoms with Gasteiger partial charge in [-0.2, -0.15) is 0 Å². The van der Waals surface area contributed by atoms with Crippen molar-refractivity contribution in [1.29, 1.82) is 0 Å². The molecule has 1 saturated heterocycles. The highest BCUT2D eigenvalue weighted by atomic mass is 79.9. The number of phenolic OH excluding ortho intramolecular Hbond substituents is 1. The van der Waals surface area contributed by atoms with Crippen molar-refractivity contribution in [2.75, 3.05) is 0 Å². The largest absolute Gasteiger partial charge is 0.507 e. The van der Waals surface area contributed by atoms with Gasteiger partial charge in [0.2, 0.25) is 0 Å². The van der Waals surface area contributed by atoms with Crippen molar-refractivity contribution < 1.29 is 24.2 Å². The number of amides is 1. The standard InChI is InChI=1S/C23H17BrClNO5/c1-12-9-14(4-6-16(12)24)21(28)19-20(13-5-7-18(27)17(25)10-13)26(23(30)22(19)29)11-15-3-2-8-31-15/h2-10,20,27-28H,11H2,1H3/b21-19-. The number of aryl methyl sites for hydroxylation is 1. The zero-order valence-corrected chi connectivity index (χ0v) is 18.6. The fourth-order valence-corrected chi connectivity index (χ4v) is 4.04. The zero-order chi connectivity index (χ0) is 22.3. The van der Waals surface area contributed by atoms with E-state index in [2.05, 4.69) is 15.9 Å². The number of rotatable bonds is 4. The number of carbonyl (C=O) groups is 2. The maximum Gasteiger partial charge on any atom is 0.296 e. The summed E-state index contributed by atoms with van der Waals surface area (Å²) in [4.78, 5) is 27.3. The van der Waals surface area contributed by atoms with Gasteiger partial charge in [0.05, 0.1) is 29.4 Å². The molecule has 4 rings (SSSR count).